The maximum atomic E-state index is 13.2. The van der Waals surface area contributed by atoms with Gasteiger partial charge in [0.15, 0.2) is 0 Å². The second-order valence-electron chi connectivity index (χ2n) is 6.97. The first-order valence-electron chi connectivity index (χ1n) is 9.47. The van der Waals surface area contributed by atoms with Gasteiger partial charge in [0.05, 0.1) is 29.7 Å². The van der Waals surface area contributed by atoms with Crippen LogP contribution in [0.25, 0.3) is 5.69 Å². The summed E-state index contributed by atoms with van der Waals surface area (Å²) in [5, 5.41) is 5.07. The molecular weight excluding hydrogens is 380 g/mol. The van der Waals surface area contributed by atoms with E-state index in [1.165, 1.54) is 0 Å². The molecular formula is C20H25ClN4O3. The molecule has 1 aromatic heterocycles. The van der Waals surface area contributed by atoms with E-state index < -0.39 is 0 Å². The molecule has 2 aromatic rings. The minimum Gasteiger partial charge on any atom is -0.450 e. The van der Waals surface area contributed by atoms with Crippen molar-refractivity contribution < 1.29 is 14.3 Å². The third-order valence-corrected chi connectivity index (χ3v) is 4.96. The third kappa shape index (κ3) is 4.14. The van der Waals surface area contributed by atoms with Crippen LogP contribution in [0.2, 0.25) is 5.02 Å². The van der Waals surface area contributed by atoms with Gasteiger partial charge in [0.2, 0.25) is 0 Å². The molecule has 8 heteroatoms. The molecule has 0 aliphatic carbocycles. The van der Waals surface area contributed by atoms with E-state index in [2.05, 4.69) is 5.10 Å². The number of rotatable bonds is 4. The van der Waals surface area contributed by atoms with Crippen molar-refractivity contribution in [3.63, 3.8) is 0 Å². The van der Waals surface area contributed by atoms with Crippen molar-refractivity contribution in [3.8, 4) is 5.69 Å². The van der Waals surface area contributed by atoms with E-state index in [-0.39, 0.29) is 17.9 Å². The number of halogens is 1. The molecule has 2 heterocycles. The largest absolute Gasteiger partial charge is 0.450 e. The van der Waals surface area contributed by atoms with E-state index in [9.17, 15) is 9.59 Å². The molecule has 0 bridgehead atoms. The Kier molecular flexibility index (Phi) is 6.24. The normalized spacial score (nSPS) is 14.5. The Morgan fingerprint density at radius 2 is 1.86 bits per heavy atom. The number of piperazine rings is 1. The Morgan fingerprint density at radius 1 is 1.18 bits per heavy atom. The van der Waals surface area contributed by atoms with Gasteiger partial charge in [-0.05, 0) is 31.0 Å². The van der Waals surface area contributed by atoms with Gasteiger partial charge in [-0.25, -0.2) is 9.48 Å². The van der Waals surface area contributed by atoms with Crippen molar-refractivity contribution in [3.05, 3.63) is 46.7 Å². The number of hydrogen-bond donors (Lipinski definition) is 0. The molecule has 0 N–H and O–H groups in total. The van der Waals surface area contributed by atoms with Crippen molar-refractivity contribution in [1.29, 1.82) is 0 Å². The van der Waals surface area contributed by atoms with Gasteiger partial charge < -0.3 is 14.5 Å². The standard InChI is InChI=1S/C20H25ClN4O3/c1-4-28-20(27)24-10-8-23(9-11-24)19(26)17-13-22-25(18(17)14(2)3)16-7-5-6-15(21)12-16/h5-7,12-14H,4,8-11H2,1-3H3. The fraction of sp³-hybridized carbons (Fsp3) is 0.450. The van der Waals surface area contributed by atoms with Gasteiger partial charge in [0.25, 0.3) is 5.91 Å². The second kappa shape index (κ2) is 8.65. The number of nitrogens with zero attached hydrogens (tertiary/aromatic N) is 4. The number of carbonyl (C=O) groups is 2. The smallest absolute Gasteiger partial charge is 0.409 e. The van der Waals surface area contributed by atoms with Crippen LogP contribution in [0, 0.1) is 0 Å². The highest BCUT2D eigenvalue weighted by Crippen LogP contribution is 2.26. The SMILES string of the molecule is CCOC(=O)N1CCN(C(=O)c2cnn(-c3cccc(Cl)c3)c2C(C)C)CC1. The molecule has 150 valence electrons. The zero-order chi connectivity index (χ0) is 20.3. The summed E-state index contributed by atoms with van der Waals surface area (Å²) in [5.74, 6) is 0.0294. The van der Waals surface area contributed by atoms with Crippen LogP contribution in [-0.2, 0) is 4.74 Å². The average Bonchev–Trinajstić information content (AvgIpc) is 3.13. The Balaban J connectivity index is 1.80. The number of aromatic nitrogens is 2. The van der Waals surface area contributed by atoms with Crippen molar-refractivity contribution in [2.45, 2.75) is 26.7 Å². The van der Waals surface area contributed by atoms with Crippen LogP contribution >= 0.6 is 11.6 Å². The number of carbonyl (C=O) groups excluding carboxylic acids is 2. The highest BCUT2D eigenvalue weighted by atomic mass is 35.5. The molecule has 1 fully saturated rings. The minimum atomic E-state index is -0.328. The molecule has 0 spiro atoms. The van der Waals surface area contributed by atoms with E-state index in [0.717, 1.165) is 11.4 Å². The van der Waals surface area contributed by atoms with Crippen LogP contribution in [0.5, 0.6) is 0 Å². The van der Waals surface area contributed by atoms with Crippen LogP contribution in [0.15, 0.2) is 30.5 Å². The first kappa shape index (κ1) is 20.2. The number of hydrogen-bond acceptors (Lipinski definition) is 4. The summed E-state index contributed by atoms with van der Waals surface area (Å²) < 4.78 is 6.81. The Hall–Kier alpha value is -2.54. The van der Waals surface area contributed by atoms with E-state index in [0.29, 0.717) is 43.4 Å². The van der Waals surface area contributed by atoms with Crippen molar-refractivity contribution in [1.82, 2.24) is 19.6 Å². The number of amides is 2. The lowest BCUT2D eigenvalue weighted by atomic mass is 10.0. The molecule has 1 saturated heterocycles. The zero-order valence-electron chi connectivity index (χ0n) is 16.4. The van der Waals surface area contributed by atoms with Gasteiger partial charge in [-0.2, -0.15) is 5.10 Å². The molecule has 1 aliphatic rings. The second-order valence-corrected chi connectivity index (χ2v) is 7.40. The number of benzene rings is 1. The lowest BCUT2D eigenvalue weighted by Crippen LogP contribution is -2.50. The van der Waals surface area contributed by atoms with Gasteiger partial charge >= 0.3 is 6.09 Å². The maximum absolute atomic E-state index is 13.2. The van der Waals surface area contributed by atoms with Crippen molar-refractivity contribution >= 4 is 23.6 Å². The Bertz CT molecular complexity index is 857. The van der Waals surface area contributed by atoms with Crippen molar-refractivity contribution in [2.75, 3.05) is 32.8 Å². The lowest BCUT2D eigenvalue weighted by Gasteiger charge is -2.34. The monoisotopic (exact) mass is 404 g/mol. The fourth-order valence-electron chi connectivity index (χ4n) is 3.37. The summed E-state index contributed by atoms with van der Waals surface area (Å²) in [6.07, 6.45) is 1.29. The molecule has 1 aromatic carbocycles. The zero-order valence-corrected chi connectivity index (χ0v) is 17.1. The van der Waals surface area contributed by atoms with Gasteiger partial charge in [-0.3, -0.25) is 4.79 Å². The predicted molar refractivity (Wildman–Crippen MR) is 107 cm³/mol. The fourth-order valence-corrected chi connectivity index (χ4v) is 3.55. The van der Waals surface area contributed by atoms with E-state index in [1.807, 2.05) is 32.0 Å². The van der Waals surface area contributed by atoms with E-state index in [4.69, 9.17) is 16.3 Å². The van der Waals surface area contributed by atoms with Crippen LogP contribution in [0.3, 0.4) is 0 Å². The molecule has 7 nitrogen and oxygen atoms in total. The predicted octanol–water partition coefficient (Wildman–Crippen LogP) is 3.56. The summed E-state index contributed by atoms with van der Waals surface area (Å²) in [6, 6.07) is 7.40. The maximum Gasteiger partial charge on any atom is 0.409 e. The van der Waals surface area contributed by atoms with Gasteiger partial charge in [-0.1, -0.05) is 31.5 Å². The topological polar surface area (TPSA) is 67.7 Å². The van der Waals surface area contributed by atoms with Crippen LogP contribution < -0.4 is 0 Å². The van der Waals surface area contributed by atoms with Crippen LogP contribution in [0.1, 0.15) is 42.7 Å². The molecule has 2 amide bonds. The summed E-state index contributed by atoms with van der Waals surface area (Å²) in [6.45, 7) is 8.06. The summed E-state index contributed by atoms with van der Waals surface area (Å²) in [4.78, 5) is 28.4. The first-order chi connectivity index (χ1) is 13.4. The average molecular weight is 405 g/mol. The summed E-state index contributed by atoms with van der Waals surface area (Å²) in [5.41, 5.74) is 2.25. The van der Waals surface area contributed by atoms with Gasteiger partial charge in [-0.15, -0.1) is 0 Å². The first-order valence-corrected chi connectivity index (χ1v) is 9.85. The summed E-state index contributed by atoms with van der Waals surface area (Å²) >= 11 is 6.12. The van der Waals surface area contributed by atoms with Crippen molar-refractivity contribution in [2.24, 2.45) is 0 Å². The highest BCUT2D eigenvalue weighted by molar-refractivity contribution is 6.30. The number of ether oxygens (including phenoxy) is 1. The summed E-state index contributed by atoms with van der Waals surface area (Å²) in [7, 11) is 0. The van der Waals surface area contributed by atoms with E-state index >= 15 is 0 Å². The van der Waals surface area contributed by atoms with Gasteiger partial charge in [0, 0.05) is 31.2 Å². The van der Waals surface area contributed by atoms with Gasteiger partial charge in [0.1, 0.15) is 0 Å². The molecule has 0 atom stereocenters. The lowest BCUT2D eigenvalue weighted by molar-refractivity contribution is 0.0569. The highest BCUT2D eigenvalue weighted by Gasteiger charge is 2.29. The molecule has 0 unspecified atom stereocenters. The van der Waals surface area contributed by atoms with Crippen LogP contribution in [-0.4, -0.2) is 64.4 Å². The Labute approximate surface area is 169 Å². The quantitative estimate of drug-likeness (QED) is 0.781. The minimum absolute atomic E-state index is 0.0690. The molecule has 0 saturated carbocycles. The molecule has 0 radical (unpaired) electrons. The molecule has 3 rings (SSSR count). The van der Waals surface area contributed by atoms with Crippen LogP contribution in [0.4, 0.5) is 4.79 Å². The third-order valence-electron chi connectivity index (χ3n) is 4.73. The Morgan fingerprint density at radius 3 is 2.46 bits per heavy atom. The molecule has 1 aliphatic heterocycles. The van der Waals surface area contributed by atoms with E-state index in [1.54, 1.807) is 33.7 Å². The molecule has 28 heavy (non-hydrogen) atoms.